The van der Waals surface area contributed by atoms with E-state index in [0.29, 0.717) is 0 Å². The van der Waals surface area contributed by atoms with Crippen LogP contribution in [0.25, 0.3) is 0 Å². The van der Waals surface area contributed by atoms with Gasteiger partial charge in [0.05, 0.1) is 17.2 Å². The average Bonchev–Trinajstić information content (AvgIpc) is 2.16. The number of phenols is 1. The molecule has 0 saturated heterocycles. The molecule has 1 rings (SSSR count). The van der Waals surface area contributed by atoms with Crippen molar-refractivity contribution >= 4 is 17.6 Å². The molecule has 14 heavy (non-hydrogen) atoms. The van der Waals surface area contributed by atoms with Crippen molar-refractivity contribution in [2.45, 2.75) is 5.88 Å². The van der Waals surface area contributed by atoms with Crippen molar-refractivity contribution in [3.05, 3.63) is 28.8 Å². The lowest BCUT2D eigenvalue weighted by Crippen LogP contribution is -2.03. The highest BCUT2D eigenvalue weighted by atomic mass is 35.5. The number of rotatable bonds is 2. The second-order valence-electron chi connectivity index (χ2n) is 2.57. The van der Waals surface area contributed by atoms with Crippen LogP contribution in [-0.2, 0) is 5.88 Å². The first kappa shape index (κ1) is 10.4. The fraction of sp³-hybridized carbons (Fsp3) is 0.111. The van der Waals surface area contributed by atoms with E-state index < -0.39 is 5.97 Å². The number of phenolic OH excluding ortho intramolecular Hbond substituents is 1. The zero-order valence-electron chi connectivity index (χ0n) is 6.99. The molecule has 0 unspecified atom stereocenters. The summed E-state index contributed by atoms with van der Waals surface area (Å²) in [7, 11) is 0. The number of carbonyl (C=O) groups is 1. The van der Waals surface area contributed by atoms with Crippen LogP contribution in [0.5, 0.6) is 5.75 Å². The van der Waals surface area contributed by atoms with E-state index in [1.54, 1.807) is 6.07 Å². The third-order valence-electron chi connectivity index (χ3n) is 1.72. The number of aromatic hydroxyl groups is 1. The maximum atomic E-state index is 10.7. The van der Waals surface area contributed by atoms with Gasteiger partial charge in [-0.2, -0.15) is 5.26 Å². The monoisotopic (exact) mass is 211 g/mol. The van der Waals surface area contributed by atoms with Gasteiger partial charge in [0.2, 0.25) is 0 Å². The number of aromatic carboxylic acids is 1. The maximum absolute atomic E-state index is 10.7. The minimum atomic E-state index is -1.21. The smallest absolute Gasteiger partial charge is 0.336 e. The number of hydrogen-bond acceptors (Lipinski definition) is 3. The van der Waals surface area contributed by atoms with Gasteiger partial charge in [0, 0.05) is 5.88 Å². The number of benzene rings is 1. The van der Waals surface area contributed by atoms with E-state index in [2.05, 4.69) is 0 Å². The number of carboxylic acid groups (broad SMARTS) is 1. The number of nitriles is 1. The molecule has 0 aliphatic heterocycles. The van der Waals surface area contributed by atoms with Crippen LogP contribution in [0.3, 0.4) is 0 Å². The molecule has 0 aromatic heterocycles. The number of hydrogen-bond donors (Lipinski definition) is 2. The summed E-state index contributed by atoms with van der Waals surface area (Å²) in [5.74, 6) is -1.55. The molecule has 0 aliphatic carbocycles. The van der Waals surface area contributed by atoms with Crippen molar-refractivity contribution < 1.29 is 15.0 Å². The first-order valence-electron chi connectivity index (χ1n) is 3.65. The quantitative estimate of drug-likeness (QED) is 0.730. The van der Waals surface area contributed by atoms with Gasteiger partial charge in [-0.1, -0.05) is 0 Å². The molecule has 0 spiro atoms. The Morgan fingerprint density at radius 1 is 1.57 bits per heavy atom. The molecule has 0 fully saturated rings. The van der Waals surface area contributed by atoms with Gasteiger partial charge in [-0.25, -0.2) is 4.79 Å². The van der Waals surface area contributed by atoms with Gasteiger partial charge >= 0.3 is 5.97 Å². The topological polar surface area (TPSA) is 81.3 Å². The molecule has 0 saturated carbocycles. The first-order chi connectivity index (χ1) is 6.60. The van der Waals surface area contributed by atoms with E-state index in [4.69, 9.17) is 27.1 Å². The van der Waals surface area contributed by atoms with Crippen LogP contribution >= 0.6 is 11.6 Å². The fourth-order valence-electron chi connectivity index (χ4n) is 1.09. The molecule has 0 amide bonds. The summed E-state index contributed by atoms with van der Waals surface area (Å²) >= 11 is 5.52. The standard InChI is InChI=1S/C9H6ClNO3/c10-3-8-5(4-11)1-6(12)2-7(8)9(13)14/h1-2,12H,3H2,(H,13,14). The molecule has 4 nitrogen and oxygen atoms in total. The van der Waals surface area contributed by atoms with E-state index in [-0.39, 0.29) is 28.3 Å². The second-order valence-corrected chi connectivity index (χ2v) is 2.84. The predicted molar refractivity (Wildman–Crippen MR) is 49.3 cm³/mol. The van der Waals surface area contributed by atoms with Gasteiger partial charge in [0.25, 0.3) is 0 Å². The fourth-order valence-corrected chi connectivity index (χ4v) is 1.38. The van der Waals surface area contributed by atoms with Gasteiger partial charge < -0.3 is 10.2 Å². The van der Waals surface area contributed by atoms with Gasteiger partial charge in [0.15, 0.2) is 0 Å². The average molecular weight is 212 g/mol. The Hall–Kier alpha value is -1.73. The molecule has 0 bridgehead atoms. The van der Waals surface area contributed by atoms with Crippen molar-refractivity contribution in [2.75, 3.05) is 0 Å². The number of halogens is 1. The van der Waals surface area contributed by atoms with Crippen LogP contribution in [0.2, 0.25) is 0 Å². The van der Waals surface area contributed by atoms with E-state index in [1.807, 2.05) is 0 Å². The van der Waals surface area contributed by atoms with Gasteiger partial charge in [-0.15, -0.1) is 11.6 Å². The molecule has 1 aromatic carbocycles. The highest BCUT2D eigenvalue weighted by Crippen LogP contribution is 2.23. The van der Waals surface area contributed by atoms with Crippen LogP contribution in [-0.4, -0.2) is 16.2 Å². The Labute approximate surface area is 85.0 Å². The van der Waals surface area contributed by atoms with E-state index >= 15 is 0 Å². The zero-order valence-corrected chi connectivity index (χ0v) is 7.75. The zero-order chi connectivity index (χ0) is 10.7. The molecule has 2 N–H and O–H groups in total. The molecule has 0 atom stereocenters. The van der Waals surface area contributed by atoms with Crippen molar-refractivity contribution in [3.63, 3.8) is 0 Å². The summed E-state index contributed by atoms with van der Waals surface area (Å²) in [5, 5.41) is 26.6. The maximum Gasteiger partial charge on any atom is 0.336 e. The number of carboxylic acids is 1. The lowest BCUT2D eigenvalue weighted by molar-refractivity contribution is 0.0695. The summed E-state index contributed by atoms with van der Waals surface area (Å²) in [4.78, 5) is 10.7. The Morgan fingerprint density at radius 2 is 2.21 bits per heavy atom. The molecular formula is C9H6ClNO3. The number of alkyl halides is 1. The Morgan fingerprint density at radius 3 is 2.64 bits per heavy atom. The minimum Gasteiger partial charge on any atom is -0.508 e. The van der Waals surface area contributed by atoms with E-state index in [0.717, 1.165) is 6.07 Å². The molecule has 0 radical (unpaired) electrons. The SMILES string of the molecule is N#Cc1cc(O)cc(C(=O)O)c1CCl. The van der Waals surface area contributed by atoms with Gasteiger partial charge in [0.1, 0.15) is 5.75 Å². The van der Waals surface area contributed by atoms with Crippen LogP contribution < -0.4 is 0 Å². The molecule has 72 valence electrons. The third kappa shape index (κ3) is 1.78. The minimum absolute atomic E-state index is 0.0786. The molecule has 1 aromatic rings. The largest absolute Gasteiger partial charge is 0.508 e. The molecule has 0 heterocycles. The van der Waals surface area contributed by atoms with Crippen LogP contribution in [0, 0.1) is 11.3 Å². The summed E-state index contributed by atoms with van der Waals surface area (Å²) < 4.78 is 0. The summed E-state index contributed by atoms with van der Waals surface area (Å²) in [6.45, 7) is 0. The Bertz CT molecular complexity index is 423. The van der Waals surface area contributed by atoms with Crippen molar-refractivity contribution in [2.24, 2.45) is 0 Å². The summed E-state index contributed by atoms with van der Waals surface area (Å²) in [5.41, 5.74) is 0.161. The molecule has 0 aliphatic rings. The lowest BCUT2D eigenvalue weighted by Gasteiger charge is -2.05. The van der Waals surface area contributed by atoms with Crippen LogP contribution in [0.4, 0.5) is 0 Å². The summed E-state index contributed by atoms with van der Waals surface area (Å²) in [6, 6.07) is 4.03. The van der Waals surface area contributed by atoms with E-state index in [1.165, 1.54) is 6.07 Å². The highest BCUT2D eigenvalue weighted by Gasteiger charge is 2.14. The van der Waals surface area contributed by atoms with Gasteiger partial charge in [-0.3, -0.25) is 0 Å². The highest BCUT2D eigenvalue weighted by molar-refractivity contribution is 6.17. The van der Waals surface area contributed by atoms with Crippen molar-refractivity contribution in [1.29, 1.82) is 5.26 Å². The van der Waals surface area contributed by atoms with Crippen LogP contribution in [0.1, 0.15) is 21.5 Å². The lowest BCUT2D eigenvalue weighted by atomic mass is 10.0. The summed E-state index contributed by atoms with van der Waals surface area (Å²) in [6.07, 6.45) is 0. The van der Waals surface area contributed by atoms with Crippen LogP contribution in [0.15, 0.2) is 12.1 Å². The Kier molecular flexibility index (Phi) is 2.95. The van der Waals surface area contributed by atoms with Crippen molar-refractivity contribution in [1.82, 2.24) is 0 Å². The first-order valence-corrected chi connectivity index (χ1v) is 4.18. The third-order valence-corrected chi connectivity index (χ3v) is 1.99. The molecule has 5 heteroatoms. The normalized spacial score (nSPS) is 9.43. The second kappa shape index (κ2) is 3.99. The molecular weight excluding hydrogens is 206 g/mol. The Balaban J connectivity index is 3.49. The predicted octanol–water partition coefficient (Wildman–Crippen LogP) is 1.70. The number of nitrogens with zero attached hydrogens (tertiary/aromatic N) is 1. The van der Waals surface area contributed by atoms with Gasteiger partial charge in [-0.05, 0) is 17.7 Å². The van der Waals surface area contributed by atoms with Crippen molar-refractivity contribution in [3.8, 4) is 11.8 Å². The van der Waals surface area contributed by atoms with E-state index in [9.17, 15) is 4.79 Å².